The lowest BCUT2D eigenvalue weighted by Crippen LogP contribution is -2.25. The number of hydrogen-bond acceptors (Lipinski definition) is 3. The van der Waals surface area contributed by atoms with Crippen molar-refractivity contribution in [3.8, 4) is 0 Å². The van der Waals surface area contributed by atoms with E-state index in [0.29, 0.717) is 17.3 Å². The van der Waals surface area contributed by atoms with Crippen LogP contribution in [0.1, 0.15) is 37.0 Å². The van der Waals surface area contributed by atoms with E-state index in [4.69, 9.17) is 4.74 Å². The fraction of sp³-hybridized carbons (Fsp3) is 0.467. The third-order valence-electron chi connectivity index (χ3n) is 2.89. The molecule has 1 fully saturated rings. The first-order chi connectivity index (χ1) is 9.54. The molecule has 2 amide bonds. The average Bonchev–Trinajstić information content (AvgIpc) is 3.21. The van der Waals surface area contributed by atoms with Crippen molar-refractivity contribution < 1.29 is 14.3 Å². The Labute approximate surface area is 118 Å². The SMILES string of the molecule is CC(C)OCC(=O)Nc1ccc(C(=O)NC2CC2)cc1. The van der Waals surface area contributed by atoms with E-state index in [1.54, 1.807) is 24.3 Å². The largest absolute Gasteiger partial charge is 0.369 e. The Morgan fingerprint density at radius 2 is 1.90 bits per heavy atom. The molecule has 5 nitrogen and oxygen atoms in total. The predicted molar refractivity (Wildman–Crippen MR) is 76.6 cm³/mol. The molecule has 2 rings (SSSR count). The van der Waals surface area contributed by atoms with Gasteiger partial charge in [0.1, 0.15) is 6.61 Å². The van der Waals surface area contributed by atoms with Gasteiger partial charge in [-0.3, -0.25) is 9.59 Å². The van der Waals surface area contributed by atoms with Crippen LogP contribution in [-0.4, -0.2) is 30.6 Å². The van der Waals surface area contributed by atoms with Crippen molar-refractivity contribution in [1.82, 2.24) is 5.32 Å². The summed E-state index contributed by atoms with van der Waals surface area (Å²) in [5.41, 5.74) is 1.26. The van der Waals surface area contributed by atoms with Crippen molar-refractivity contribution >= 4 is 17.5 Å². The van der Waals surface area contributed by atoms with E-state index < -0.39 is 0 Å². The first-order valence-electron chi connectivity index (χ1n) is 6.87. The topological polar surface area (TPSA) is 67.4 Å². The molecule has 1 saturated carbocycles. The first-order valence-corrected chi connectivity index (χ1v) is 6.87. The van der Waals surface area contributed by atoms with E-state index in [0.717, 1.165) is 12.8 Å². The molecule has 1 aliphatic carbocycles. The Balaban J connectivity index is 1.84. The van der Waals surface area contributed by atoms with Gasteiger partial charge >= 0.3 is 0 Å². The van der Waals surface area contributed by atoms with Gasteiger partial charge < -0.3 is 15.4 Å². The Morgan fingerprint density at radius 1 is 1.25 bits per heavy atom. The van der Waals surface area contributed by atoms with Crippen molar-refractivity contribution in [2.24, 2.45) is 0 Å². The van der Waals surface area contributed by atoms with Gasteiger partial charge in [0.2, 0.25) is 5.91 Å². The smallest absolute Gasteiger partial charge is 0.251 e. The molecular formula is C15H20N2O3. The number of rotatable bonds is 6. The second-order valence-electron chi connectivity index (χ2n) is 5.23. The van der Waals surface area contributed by atoms with E-state index >= 15 is 0 Å². The van der Waals surface area contributed by atoms with Crippen LogP contribution in [0.4, 0.5) is 5.69 Å². The molecule has 5 heteroatoms. The summed E-state index contributed by atoms with van der Waals surface area (Å²) in [6.45, 7) is 3.78. The summed E-state index contributed by atoms with van der Waals surface area (Å²) < 4.78 is 5.21. The summed E-state index contributed by atoms with van der Waals surface area (Å²) >= 11 is 0. The molecule has 1 aliphatic rings. The molecule has 0 aliphatic heterocycles. The highest BCUT2D eigenvalue weighted by Gasteiger charge is 2.23. The fourth-order valence-corrected chi connectivity index (χ4v) is 1.64. The maximum Gasteiger partial charge on any atom is 0.251 e. The van der Waals surface area contributed by atoms with Crippen LogP contribution in [-0.2, 0) is 9.53 Å². The van der Waals surface area contributed by atoms with Crippen molar-refractivity contribution in [2.75, 3.05) is 11.9 Å². The highest BCUT2D eigenvalue weighted by molar-refractivity contribution is 5.96. The third kappa shape index (κ3) is 4.66. The molecule has 0 spiro atoms. The average molecular weight is 276 g/mol. The Bertz CT molecular complexity index is 478. The summed E-state index contributed by atoms with van der Waals surface area (Å²) in [5.74, 6) is -0.262. The van der Waals surface area contributed by atoms with Crippen molar-refractivity contribution in [3.63, 3.8) is 0 Å². The van der Waals surface area contributed by atoms with Crippen LogP contribution >= 0.6 is 0 Å². The summed E-state index contributed by atoms with van der Waals surface area (Å²) in [6.07, 6.45) is 2.15. The minimum atomic E-state index is -0.200. The van der Waals surface area contributed by atoms with Crippen LogP contribution < -0.4 is 10.6 Å². The summed E-state index contributed by atoms with van der Waals surface area (Å²) in [4.78, 5) is 23.4. The standard InChI is InChI=1S/C15H20N2O3/c1-10(2)20-9-14(18)16-12-5-3-11(4-6-12)15(19)17-13-7-8-13/h3-6,10,13H,7-9H2,1-2H3,(H,16,18)(H,17,19). The molecule has 2 N–H and O–H groups in total. The number of carbonyl (C=O) groups excluding carboxylic acids is 2. The molecule has 0 saturated heterocycles. The number of hydrogen-bond donors (Lipinski definition) is 2. The van der Waals surface area contributed by atoms with Gasteiger partial charge in [-0.25, -0.2) is 0 Å². The molecule has 20 heavy (non-hydrogen) atoms. The number of benzene rings is 1. The summed E-state index contributed by atoms with van der Waals surface area (Å²) in [5, 5.41) is 5.64. The second-order valence-corrected chi connectivity index (χ2v) is 5.23. The molecule has 108 valence electrons. The van der Waals surface area contributed by atoms with Crippen molar-refractivity contribution in [1.29, 1.82) is 0 Å². The van der Waals surface area contributed by atoms with Crippen molar-refractivity contribution in [3.05, 3.63) is 29.8 Å². The number of amides is 2. The Kier molecular flexibility index (Phi) is 4.74. The molecule has 0 radical (unpaired) electrons. The molecule has 0 heterocycles. The first kappa shape index (κ1) is 14.5. The summed E-state index contributed by atoms with van der Waals surface area (Å²) in [7, 11) is 0. The lowest BCUT2D eigenvalue weighted by molar-refractivity contribution is -0.121. The molecule has 1 aromatic rings. The van der Waals surface area contributed by atoms with Crippen LogP contribution in [0.15, 0.2) is 24.3 Å². The van der Waals surface area contributed by atoms with E-state index in [9.17, 15) is 9.59 Å². The maximum absolute atomic E-state index is 11.8. The van der Waals surface area contributed by atoms with Crippen molar-refractivity contribution in [2.45, 2.75) is 38.8 Å². The second kappa shape index (κ2) is 6.52. The van der Waals surface area contributed by atoms with Gasteiger partial charge in [-0.2, -0.15) is 0 Å². The quantitative estimate of drug-likeness (QED) is 0.834. The van der Waals surface area contributed by atoms with Crippen LogP contribution in [0.5, 0.6) is 0 Å². The minimum absolute atomic E-state index is 0.0224. The molecule has 0 bridgehead atoms. The Hall–Kier alpha value is -1.88. The lowest BCUT2D eigenvalue weighted by Gasteiger charge is -2.09. The van der Waals surface area contributed by atoms with Gasteiger partial charge in [-0.15, -0.1) is 0 Å². The van der Waals surface area contributed by atoms with Gasteiger partial charge in [0.15, 0.2) is 0 Å². The zero-order valence-corrected chi connectivity index (χ0v) is 11.8. The number of anilines is 1. The van der Waals surface area contributed by atoms with Gasteiger partial charge in [0, 0.05) is 17.3 Å². The molecule has 0 atom stereocenters. The molecule has 1 aromatic carbocycles. The summed E-state index contributed by atoms with van der Waals surface area (Å²) in [6, 6.07) is 7.19. The van der Waals surface area contributed by atoms with Gasteiger partial charge in [-0.1, -0.05) is 0 Å². The highest BCUT2D eigenvalue weighted by Crippen LogP contribution is 2.19. The Morgan fingerprint density at radius 3 is 2.45 bits per heavy atom. The molecular weight excluding hydrogens is 256 g/mol. The number of carbonyl (C=O) groups is 2. The van der Waals surface area contributed by atoms with Crippen LogP contribution in [0, 0.1) is 0 Å². The van der Waals surface area contributed by atoms with E-state index in [1.165, 1.54) is 0 Å². The zero-order chi connectivity index (χ0) is 14.5. The number of nitrogens with one attached hydrogen (secondary N) is 2. The highest BCUT2D eigenvalue weighted by atomic mass is 16.5. The third-order valence-corrected chi connectivity index (χ3v) is 2.89. The van der Waals surface area contributed by atoms with Gasteiger partial charge in [-0.05, 0) is 51.0 Å². The van der Waals surface area contributed by atoms with E-state index in [2.05, 4.69) is 10.6 Å². The van der Waals surface area contributed by atoms with Crippen LogP contribution in [0.3, 0.4) is 0 Å². The van der Waals surface area contributed by atoms with E-state index in [1.807, 2.05) is 13.8 Å². The van der Waals surface area contributed by atoms with Gasteiger partial charge in [0.05, 0.1) is 6.10 Å². The molecule has 0 unspecified atom stereocenters. The molecule has 0 aromatic heterocycles. The lowest BCUT2D eigenvalue weighted by atomic mass is 10.2. The normalized spacial score (nSPS) is 14.2. The van der Waals surface area contributed by atoms with Crippen LogP contribution in [0.2, 0.25) is 0 Å². The fourth-order valence-electron chi connectivity index (χ4n) is 1.64. The van der Waals surface area contributed by atoms with Gasteiger partial charge in [0.25, 0.3) is 5.91 Å². The monoisotopic (exact) mass is 276 g/mol. The number of ether oxygens (including phenoxy) is 1. The van der Waals surface area contributed by atoms with E-state index in [-0.39, 0.29) is 24.5 Å². The zero-order valence-electron chi connectivity index (χ0n) is 11.8. The van der Waals surface area contributed by atoms with Crippen LogP contribution in [0.25, 0.3) is 0 Å². The minimum Gasteiger partial charge on any atom is -0.369 e. The maximum atomic E-state index is 11.8. The predicted octanol–water partition coefficient (Wildman–Crippen LogP) is 1.94.